The van der Waals surface area contributed by atoms with Crippen molar-refractivity contribution in [2.24, 2.45) is 23.2 Å². The molecule has 0 heterocycles. The predicted octanol–water partition coefficient (Wildman–Crippen LogP) is 3.28. The zero-order valence-corrected chi connectivity index (χ0v) is 19.7. The number of fused-ring (bicyclic) bond motifs is 2. The van der Waals surface area contributed by atoms with Crippen molar-refractivity contribution in [1.29, 1.82) is 0 Å². The minimum Gasteiger partial charge on any atom is -0.355 e. The molecular formula is C23H35N3O4S. The van der Waals surface area contributed by atoms with E-state index in [1.807, 2.05) is 27.7 Å². The zero-order valence-electron chi connectivity index (χ0n) is 18.9. The number of carbonyl (C=O) groups excluding carboxylic acids is 2. The maximum absolute atomic E-state index is 12.8. The number of benzene rings is 1. The standard InChI is InChI=1S/C23H35N3O4S/c1-15(20-14-16-5-6-17(20)13-16)26-31(29,30)19-9-7-18(8-10-19)25-21(27)11-12-24-22(28)23(2,3)4/h7-10,15-17,20,26H,5-6,11-14H2,1-4H3,(H,24,28)(H,25,27)/t15-,16-,17-,20+/m0/s1. The van der Waals surface area contributed by atoms with E-state index in [-0.39, 0.29) is 35.7 Å². The molecular weight excluding hydrogens is 414 g/mol. The first-order chi connectivity index (χ1) is 14.5. The minimum absolute atomic E-state index is 0.0806. The highest BCUT2D eigenvalue weighted by molar-refractivity contribution is 7.89. The Balaban J connectivity index is 1.49. The third-order valence-electron chi connectivity index (χ3n) is 6.54. The van der Waals surface area contributed by atoms with Crippen LogP contribution in [0.4, 0.5) is 5.69 Å². The van der Waals surface area contributed by atoms with E-state index in [4.69, 9.17) is 0 Å². The second kappa shape index (κ2) is 9.28. The molecule has 0 aromatic heterocycles. The van der Waals surface area contributed by atoms with E-state index in [0.717, 1.165) is 12.3 Å². The highest BCUT2D eigenvalue weighted by atomic mass is 32.2. The van der Waals surface area contributed by atoms with Gasteiger partial charge in [-0.1, -0.05) is 27.2 Å². The Bertz CT molecular complexity index is 906. The fourth-order valence-electron chi connectivity index (χ4n) is 4.80. The van der Waals surface area contributed by atoms with Crippen molar-refractivity contribution in [3.8, 4) is 0 Å². The van der Waals surface area contributed by atoms with Gasteiger partial charge in [0, 0.05) is 30.1 Å². The molecule has 0 aliphatic heterocycles. The van der Waals surface area contributed by atoms with Crippen LogP contribution in [0.15, 0.2) is 29.2 Å². The Hall–Kier alpha value is -1.93. The monoisotopic (exact) mass is 449 g/mol. The molecule has 3 rings (SSSR count). The predicted molar refractivity (Wildman–Crippen MR) is 121 cm³/mol. The molecule has 0 unspecified atom stereocenters. The fraction of sp³-hybridized carbons (Fsp3) is 0.652. The molecule has 3 N–H and O–H groups in total. The van der Waals surface area contributed by atoms with Crippen LogP contribution in [-0.4, -0.2) is 32.8 Å². The summed E-state index contributed by atoms with van der Waals surface area (Å²) in [6.45, 7) is 7.65. The minimum atomic E-state index is -3.61. The Morgan fingerprint density at radius 2 is 1.77 bits per heavy atom. The molecule has 4 atom stereocenters. The lowest BCUT2D eigenvalue weighted by Crippen LogP contribution is -2.40. The van der Waals surface area contributed by atoms with Crippen LogP contribution in [0.2, 0.25) is 0 Å². The fourth-order valence-corrected chi connectivity index (χ4v) is 6.10. The number of anilines is 1. The molecule has 7 nitrogen and oxygen atoms in total. The van der Waals surface area contributed by atoms with Crippen molar-refractivity contribution in [3.63, 3.8) is 0 Å². The zero-order chi connectivity index (χ0) is 22.8. The molecule has 0 spiro atoms. The molecule has 31 heavy (non-hydrogen) atoms. The van der Waals surface area contributed by atoms with Crippen LogP contribution in [0, 0.1) is 23.2 Å². The number of amides is 2. The van der Waals surface area contributed by atoms with Gasteiger partial charge in [0.05, 0.1) is 4.90 Å². The van der Waals surface area contributed by atoms with Crippen LogP contribution in [0.5, 0.6) is 0 Å². The van der Waals surface area contributed by atoms with Gasteiger partial charge in [0.2, 0.25) is 21.8 Å². The molecule has 0 saturated heterocycles. The summed E-state index contributed by atoms with van der Waals surface area (Å²) in [5, 5.41) is 5.46. The molecule has 2 aliphatic rings. The van der Waals surface area contributed by atoms with Gasteiger partial charge in [-0.2, -0.15) is 0 Å². The van der Waals surface area contributed by atoms with Gasteiger partial charge in [-0.3, -0.25) is 9.59 Å². The van der Waals surface area contributed by atoms with E-state index < -0.39 is 15.4 Å². The summed E-state index contributed by atoms with van der Waals surface area (Å²) in [6.07, 6.45) is 5.01. The average Bonchev–Trinajstić information content (AvgIpc) is 3.31. The van der Waals surface area contributed by atoms with E-state index in [0.29, 0.717) is 17.5 Å². The maximum atomic E-state index is 12.8. The second-order valence-electron chi connectivity index (χ2n) is 10.1. The van der Waals surface area contributed by atoms with Crippen molar-refractivity contribution in [2.45, 2.75) is 70.7 Å². The Kier molecular flexibility index (Phi) is 7.11. The summed E-state index contributed by atoms with van der Waals surface area (Å²) in [7, 11) is -3.61. The van der Waals surface area contributed by atoms with E-state index in [2.05, 4.69) is 15.4 Å². The smallest absolute Gasteiger partial charge is 0.240 e. The lowest BCUT2D eigenvalue weighted by molar-refractivity contribution is -0.128. The van der Waals surface area contributed by atoms with Crippen LogP contribution < -0.4 is 15.4 Å². The van der Waals surface area contributed by atoms with Crippen LogP contribution in [0.1, 0.15) is 59.8 Å². The number of hydrogen-bond acceptors (Lipinski definition) is 4. The largest absolute Gasteiger partial charge is 0.355 e. The molecule has 1 aromatic carbocycles. The van der Waals surface area contributed by atoms with E-state index in [1.165, 1.54) is 31.4 Å². The highest BCUT2D eigenvalue weighted by Gasteiger charge is 2.42. The van der Waals surface area contributed by atoms with E-state index in [9.17, 15) is 18.0 Å². The molecule has 2 fully saturated rings. The molecule has 2 saturated carbocycles. The van der Waals surface area contributed by atoms with Gasteiger partial charge in [-0.25, -0.2) is 13.1 Å². The number of sulfonamides is 1. The molecule has 2 amide bonds. The normalized spacial score (nSPS) is 24.1. The molecule has 1 aromatic rings. The Morgan fingerprint density at radius 1 is 1.10 bits per heavy atom. The second-order valence-corrected chi connectivity index (χ2v) is 11.8. The Morgan fingerprint density at radius 3 is 2.32 bits per heavy atom. The lowest BCUT2D eigenvalue weighted by atomic mass is 9.84. The first kappa shape index (κ1) is 23.7. The molecule has 2 aliphatic carbocycles. The van der Waals surface area contributed by atoms with Crippen molar-refractivity contribution >= 4 is 27.5 Å². The molecule has 2 bridgehead atoms. The summed E-state index contributed by atoms with van der Waals surface area (Å²) >= 11 is 0. The van der Waals surface area contributed by atoms with Crippen molar-refractivity contribution < 1.29 is 18.0 Å². The summed E-state index contributed by atoms with van der Waals surface area (Å²) in [6, 6.07) is 6.10. The average molecular weight is 450 g/mol. The van der Waals surface area contributed by atoms with Crippen LogP contribution in [-0.2, 0) is 19.6 Å². The third-order valence-corrected chi connectivity index (χ3v) is 8.12. The topological polar surface area (TPSA) is 104 Å². The first-order valence-electron chi connectivity index (χ1n) is 11.2. The van der Waals surface area contributed by atoms with Gasteiger partial charge in [0.1, 0.15) is 0 Å². The van der Waals surface area contributed by atoms with Gasteiger partial charge in [0.15, 0.2) is 0 Å². The number of rotatable bonds is 8. The molecule has 172 valence electrons. The summed E-state index contributed by atoms with van der Waals surface area (Å²) in [5.74, 6) is 1.49. The molecule has 0 radical (unpaired) electrons. The maximum Gasteiger partial charge on any atom is 0.240 e. The quantitative estimate of drug-likeness (QED) is 0.566. The summed E-state index contributed by atoms with van der Waals surface area (Å²) < 4.78 is 28.4. The van der Waals surface area contributed by atoms with Gasteiger partial charge >= 0.3 is 0 Å². The van der Waals surface area contributed by atoms with Crippen LogP contribution in [0.25, 0.3) is 0 Å². The summed E-state index contributed by atoms with van der Waals surface area (Å²) in [5.41, 5.74) is 0.0213. The number of hydrogen-bond donors (Lipinski definition) is 3. The third kappa shape index (κ3) is 6.07. The van der Waals surface area contributed by atoms with Crippen LogP contribution >= 0.6 is 0 Å². The van der Waals surface area contributed by atoms with Gasteiger partial charge in [-0.05, 0) is 68.2 Å². The van der Waals surface area contributed by atoms with Crippen molar-refractivity contribution in [2.75, 3.05) is 11.9 Å². The lowest BCUT2D eigenvalue weighted by Gasteiger charge is -2.28. The van der Waals surface area contributed by atoms with Crippen LogP contribution in [0.3, 0.4) is 0 Å². The highest BCUT2D eigenvalue weighted by Crippen LogP contribution is 2.49. The Labute approximate surface area is 185 Å². The van der Waals surface area contributed by atoms with E-state index >= 15 is 0 Å². The van der Waals surface area contributed by atoms with E-state index in [1.54, 1.807) is 12.1 Å². The van der Waals surface area contributed by atoms with Gasteiger partial charge in [0.25, 0.3) is 0 Å². The van der Waals surface area contributed by atoms with Crippen molar-refractivity contribution in [3.05, 3.63) is 24.3 Å². The molecule has 8 heteroatoms. The number of carbonyl (C=O) groups is 2. The summed E-state index contributed by atoms with van der Waals surface area (Å²) in [4.78, 5) is 24.1. The van der Waals surface area contributed by atoms with Crippen molar-refractivity contribution in [1.82, 2.24) is 10.0 Å². The SMILES string of the molecule is C[C@H](NS(=O)(=O)c1ccc(NC(=O)CCNC(=O)C(C)(C)C)cc1)[C@H]1C[C@H]2CC[C@H]1C2. The first-order valence-corrected chi connectivity index (χ1v) is 12.6. The number of nitrogens with one attached hydrogen (secondary N) is 3. The van der Waals surface area contributed by atoms with Gasteiger partial charge < -0.3 is 10.6 Å². The van der Waals surface area contributed by atoms with Gasteiger partial charge in [-0.15, -0.1) is 0 Å².